The molecule has 0 aliphatic carbocycles. The summed E-state index contributed by atoms with van der Waals surface area (Å²) in [4.78, 5) is 12.9. The zero-order valence-corrected chi connectivity index (χ0v) is 15.9. The quantitative estimate of drug-likeness (QED) is 0.830. The Morgan fingerprint density at radius 3 is 2.42 bits per heavy atom. The number of amides is 1. The fourth-order valence-electron chi connectivity index (χ4n) is 3.31. The third kappa shape index (κ3) is 3.55. The first-order chi connectivity index (χ1) is 11.4. The van der Waals surface area contributed by atoms with Gasteiger partial charge in [-0.25, -0.2) is 0 Å². The Morgan fingerprint density at radius 1 is 1.17 bits per heavy atom. The van der Waals surface area contributed by atoms with E-state index >= 15 is 0 Å². The lowest BCUT2D eigenvalue weighted by Gasteiger charge is -2.16. The molecule has 0 saturated heterocycles. The van der Waals surface area contributed by atoms with Crippen LogP contribution in [0, 0.1) is 20.8 Å². The second-order valence-electron chi connectivity index (χ2n) is 6.69. The van der Waals surface area contributed by atoms with Gasteiger partial charge in [0.15, 0.2) is 0 Å². The molecule has 2 aromatic rings. The van der Waals surface area contributed by atoms with Gasteiger partial charge in [-0.1, -0.05) is 38.1 Å². The molecule has 0 bridgehead atoms. The van der Waals surface area contributed by atoms with E-state index in [1.807, 2.05) is 0 Å². The first kappa shape index (κ1) is 18.3. The average molecular weight is 326 g/mol. The van der Waals surface area contributed by atoms with Gasteiger partial charge in [-0.3, -0.25) is 4.79 Å². The van der Waals surface area contributed by atoms with Gasteiger partial charge in [0.25, 0.3) is 5.91 Å². The van der Waals surface area contributed by atoms with Crippen LogP contribution in [0.3, 0.4) is 0 Å². The van der Waals surface area contributed by atoms with E-state index in [0.29, 0.717) is 0 Å². The minimum absolute atomic E-state index is 0.0400. The molecule has 1 aromatic carbocycles. The highest BCUT2D eigenvalue weighted by Gasteiger charge is 2.22. The molecule has 0 spiro atoms. The summed E-state index contributed by atoms with van der Waals surface area (Å²) < 4.78 is 2.19. The number of hydrogen-bond acceptors (Lipinski definition) is 1. The number of carbonyl (C=O) groups is 1. The Bertz CT molecular complexity index is 728. The van der Waals surface area contributed by atoms with Crippen LogP contribution >= 0.6 is 0 Å². The molecule has 0 aliphatic heterocycles. The minimum atomic E-state index is 0.0400. The highest BCUT2D eigenvalue weighted by Crippen LogP contribution is 2.25. The predicted molar refractivity (Wildman–Crippen MR) is 101 cm³/mol. The Balaban J connectivity index is 2.49. The van der Waals surface area contributed by atoms with Crippen molar-refractivity contribution in [3.63, 3.8) is 0 Å². The largest absolute Gasteiger partial charge is 0.348 e. The number of hydrogen-bond donors (Lipinski definition) is 1. The van der Waals surface area contributed by atoms with Gasteiger partial charge in [0.1, 0.15) is 5.69 Å². The van der Waals surface area contributed by atoms with Crippen molar-refractivity contribution in [2.24, 2.45) is 0 Å². The van der Waals surface area contributed by atoms with E-state index in [2.05, 4.69) is 75.7 Å². The van der Waals surface area contributed by atoms with Crippen LogP contribution in [-0.2, 0) is 13.0 Å². The highest BCUT2D eigenvalue weighted by molar-refractivity contribution is 5.95. The average Bonchev–Trinajstić information content (AvgIpc) is 2.79. The summed E-state index contributed by atoms with van der Waals surface area (Å²) in [6.45, 7) is 13.4. The first-order valence-corrected chi connectivity index (χ1v) is 8.94. The summed E-state index contributed by atoms with van der Waals surface area (Å²) in [5.41, 5.74) is 6.94. The van der Waals surface area contributed by atoms with Crippen molar-refractivity contribution >= 4 is 5.91 Å². The molecule has 1 heterocycles. The number of aromatic nitrogens is 1. The second-order valence-corrected chi connectivity index (χ2v) is 6.69. The van der Waals surface area contributed by atoms with E-state index in [0.717, 1.165) is 30.6 Å². The lowest BCUT2D eigenvalue weighted by atomic mass is 10.1. The van der Waals surface area contributed by atoms with E-state index in [4.69, 9.17) is 0 Å². The van der Waals surface area contributed by atoms with Crippen molar-refractivity contribution in [2.45, 2.75) is 67.0 Å². The molecule has 0 saturated carbocycles. The van der Waals surface area contributed by atoms with Crippen molar-refractivity contribution in [3.05, 3.63) is 57.9 Å². The molecule has 1 aromatic heterocycles. The van der Waals surface area contributed by atoms with Crippen molar-refractivity contribution < 1.29 is 4.79 Å². The van der Waals surface area contributed by atoms with E-state index in [1.54, 1.807) is 0 Å². The lowest BCUT2D eigenvalue weighted by molar-refractivity contribution is 0.0929. The maximum atomic E-state index is 12.9. The smallest absolute Gasteiger partial charge is 0.268 e. The first-order valence-electron chi connectivity index (χ1n) is 8.94. The monoisotopic (exact) mass is 326 g/mol. The second kappa shape index (κ2) is 7.69. The van der Waals surface area contributed by atoms with Crippen LogP contribution in [0.2, 0.25) is 0 Å². The Morgan fingerprint density at radius 2 is 1.83 bits per heavy atom. The zero-order chi connectivity index (χ0) is 17.9. The molecule has 3 nitrogen and oxygen atoms in total. The molecule has 1 atom stereocenters. The molecule has 3 heteroatoms. The number of carbonyl (C=O) groups excluding carboxylic acids is 1. The van der Waals surface area contributed by atoms with Gasteiger partial charge < -0.3 is 9.88 Å². The SMILES string of the molecule is CCc1c(C)c(C(=O)N[C@@H](C)CC)n(Cc2ccccc2C)c1C. The molecule has 1 amide bonds. The zero-order valence-electron chi connectivity index (χ0n) is 15.9. The normalized spacial score (nSPS) is 12.2. The molecule has 2 rings (SSSR count). The Hall–Kier alpha value is -2.03. The summed E-state index contributed by atoms with van der Waals surface area (Å²) in [5.74, 6) is 0.0400. The number of nitrogens with one attached hydrogen (secondary N) is 1. The number of aryl methyl sites for hydroxylation is 1. The van der Waals surface area contributed by atoms with E-state index in [9.17, 15) is 4.79 Å². The maximum Gasteiger partial charge on any atom is 0.268 e. The van der Waals surface area contributed by atoms with Gasteiger partial charge in [-0.15, -0.1) is 0 Å². The van der Waals surface area contributed by atoms with E-state index in [1.165, 1.54) is 22.4 Å². The summed E-state index contributed by atoms with van der Waals surface area (Å²) in [6, 6.07) is 8.57. The lowest BCUT2D eigenvalue weighted by Crippen LogP contribution is -2.34. The number of rotatable bonds is 6. The molecule has 24 heavy (non-hydrogen) atoms. The van der Waals surface area contributed by atoms with Gasteiger partial charge in [0.2, 0.25) is 0 Å². The molecule has 1 N–H and O–H groups in total. The van der Waals surface area contributed by atoms with Crippen LogP contribution in [0.15, 0.2) is 24.3 Å². The molecule has 0 unspecified atom stereocenters. The van der Waals surface area contributed by atoms with E-state index < -0.39 is 0 Å². The fourth-order valence-corrected chi connectivity index (χ4v) is 3.31. The molecular weight excluding hydrogens is 296 g/mol. The molecule has 0 fully saturated rings. The third-order valence-corrected chi connectivity index (χ3v) is 5.07. The summed E-state index contributed by atoms with van der Waals surface area (Å²) in [5, 5.41) is 3.13. The van der Waals surface area contributed by atoms with Gasteiger partial charge >= 0.3 is 0 Å². The minimum Gasteiger partial charge on any atom is -0.348 e. The predicted octanol–water partition coefficient (Wildman–Crippen LogP) is 4.55. The van der Waals surface area contributed by atoms with Crippen LogP contribution in [-0.4, -0.2) is 16.5 Å². The summed E-state index contributed by atoms with van der Waals surface area (Å²) >= 11 is 0. The van der Waals surface area contributed by atoms with Crippen molar-refractivity contribution in [1.29, 1.82) is 0 Å². The van der Waals surface area contributed by atoms with Gasteiger partial charge in [0.05, 0.1) is 0 Å². The molecule has 0 radical (unpaired) electrons. The van der Waals surface area contributed by atoms with E-state index in [-0.39, 0.29) is 11.9 Å². The number of benzene rings is 1. The van der Waals surface area contributed by atoms with Crippen molar-refractivity contribution in [2.75, 3.05) is 0 Å². The maximum absolute atomic E-state index is 12.9. The molecule has 130 valence electrons. The van der Waals surface area contributed by atoms with Crippen molar-refractivity contribution in [1.82, 2.24) is 9.88 Å². The van der Waals surface area contributed by atoms with Crippen LogP contribution in [0.4, 0.5) is 0 Å². The molecular formula is C21H30N2O. The topological polar surface area (TPSA) is 34.0 Å². The van der Waals surface area contributed by atoms with Gasteiger partial charge in [-0.05, 0) is 62.8 Å². The van der Waals surface area contributed by atoms with Crippen molar-refractivity contribution in [3.8, 4) is 0 Å². The van der Waals surface area contributed by atoms with Crippen LogP contribution in [0.1, 0.15) is 65.6 Å². The van der Waals surface area contributed by atoms with Crippen LogP contribution in [0.5, 0.6) is 0 Å². The number of nitrogens with zero attached hydrogens (tertiary/aromatic N) is 1. The third-order valence-electron chi connectivity index (χ3n) is 5.07. The highest BCUT2D eigenvalue weighted by atomic mass is 16.2. The standard InChI is InChI=1S/C21H30N2O/c1-7-15(4)22-21(24)20-16(5)19(8-2)17(6)23(20)13-18-12-10-9-11-14(18)3/h9-12,15H,7-8,13H2,1-6H3,(H,22,24)/t15-/m0/s1. The summed E-state index contributed by atoms with van der Waals surface area (Å²) in [7, 11) is 0. The van der Waals surface area contributed by atoms with Gasteiger partial charge in [0, 0.05) is 18.3 Å². The van der Waals surface area contributed by atoms with Crippen LogP contribution in [0.25, 0.3) is 0 Å². The molecule has 0 aliphatic rings. The fraction of sp³-hybridized carbons (Fsp3) is 0.476. The van der Waals surface area contributed by atoms with Gasteiger partial charge in [-0.2, -0.15) is 0 Å². The summed E-state index contributed by atoms with van der Waals surface area (Å²) in [6.07, 6.45) is 1.88. The van der Waals surface area contributed by atoms with Crippen LogP contribution < -0.4 is 5.32 Å². The Kier molecular flexibility index (Phi) is 5.87. The Labute approximate surface area is 146 Å².